The van der Waals surface area contributed by atoms with Gasteiger partial charge in [0.2, 0.25) is 10.0 Å². The normalized spacial score (nSPS) is 11.8. The molecule has 0 saturated carbocycles. The molecule has 0 aliphatic heterocycles. The summed E-state index contributed by atoms with van der Waals surface area (Å²) in [6.45, 7) is -0.872. The van der Waals surface area contributed by atoms with Crippen molar-refractivity contribution in [1.82, 2.24) is 18.9 Å². The van der Waals surface area contributed by atoms with Crippen molar-refractivity contribution in [3.63, 3.8) is 0 Å². The summed E-state index contributed by atoms with van der Waals surface area (Å²) in [7, 11) is 2.20. The molecule has 2 aromatic carbocycles. The first-order valence-corrected chi connectivity index (χ1v) is 11.7. The van der Waals surface area contributed by atoms with Crippen LogP contribution in [0.2, 0.25) is 0 Å². The maximum absolute atomic E-state index is 12.8. The van der Waals surface area contributed by atoms with Crippen LogP contribution in [0.25, 0.3) is 16.9 Å². The van der Waals surface area contributed by atoms with Crippen LogP contribution in [0.1, 0.15) is 0 Å². The van der Waals surface area contributed by atoms with Crippen LogP contribution < -0.4 is 10.8 Å². The van der Waals surface area contributed by atoms with E-state index in [4.69, 9.17) is 18.1 Å². The molecule has 2 aromatic heterocycles. The van der Waals surface area contributed by atoms with Crippen LogP contribution in [-0.2, 0) is 10.0 Å². The predicted molar refractivity (Wildman–Crippen MR) is 126 cm³/mol. The lowest BCUT2D eigenvalue weighted by Crippen LogP contribution is -2.35. The molecule has 0 saturated heterocycles. The van der Waals surface area contributed by atoms with Gasteiger partial charge in [0.15, 0.2) is 5.65 Å². The van der Waals surface area contributed by atoms with Crippen LogP contribution in [0.4, 0.5) is 11.5 Å². The average molecular weight is 463 g/mol. The third kappa shape index (κ3) is 4.76. The van der Waals surface area contributed by atoms with Crippen molar-refractivity contribution in [3.8, 4) is 11.3 Å². The number of hydrogen-bond donors (Lipinski definition) is 3. The van der Waals surface area contributed by atoms with Gasteiger partial charge in [0.1, 0.15) is 13.7 Å². The van der Waals surface area contributed by atoms with E-state index >= 15 is 0 Å². The van der Waals surface area contributed by atoms with E-state index in [2.05, 4.69) is 15.4 Å². The summed E-state index contributed by atoms with van der Waals surface area (Å²) in [5.74, 6) is 0.605. The zero-order valence-electron chi connectivity index (χ0n) is 17.7. The molecule has 168 valence electrons. The molecule has 11 heteroatoms. The van der Waals surface area contributed by atoms with Crippen molar-refractivity contribution >= 4 is 40.5 Å². The number of hydrogen-bond acceptors (Lipinski definition) is 7. The maximum atomic E-state index is 12.8. The largest absolute Gasteiger partial charge is 0.395 e. The van der Waals surface area contributed by atoms with E-state index in [0.717, 1.165) is 9.87 Å². The highest BCUT2D eigenvalue weighted by atomic mass is 32.2. The number of aromatic nitrogens is 3. The Bertz CT molecular complexity index is 1340. The van der Waals surface area contributed by atoms with E-state index in [-0.39, 0.29) is 31.2 Å². The van der Waals surface area contributed by atoms with Gasteiger partial charge in [-0.3, -0.25) is 0 Å². The fraction of sp³-hybridized carbons (Fsp3) is 0.182. The van der Waals surface area contributed by atoms with Crippen molar-refractivity contribution in [2.24, 2.45) is 0 Å². The van der Waals surface area contributed by atoms with Gasteiger partial charge in [-0.2, -0.15) is 13.9 Å². The first kappa shape index (κ1) is 22.9. The quantitative estimate of drug-likeness (QED) is 0.316. The molecule has 33 heavy (non-hydrogen) atoms. The molecular weight excluding hydrogens is 441 g/mol. The summed E-state index contributed by atoms with van der Waals surface area (Å²) in [4.78, 5) is 4.68. The van der Waals surface area contributed by atoms with E-state index in [0.29, 0.717) is 28.3 Å². The molecule has 4 rings (SSSR count). The second-order valence-electron chi connectivity index (χ2n) is 7.23. The third-order valence-electron chi connectivity index (χ3n) is 5.03. The zero-order valence-corrected chi connectivity index (χ0v) is 18.5. The number of sulfonamides is 1. The van der Waals surface area contributed by atoms with Crippen molar-refractivity contribution in [1.29, 1.82) is 0 Å². The fourth-order valence-electron chi connectivity index (χ4n) is 3.41. The molecule has 4 aromatic rings. The topological polar surface area (TPSA) is 120 Å². The standard InChI is InChI=1S/C22H22BN5O4S/c23-19-15-24-28-21(14-20(26-22(19)28)16-4-2-1-3-5-16)25-17-6-8-18(9-7-17)33(31,32)27(10-12-29)11-13-30/h1-9,14-15,25,29-30H,10-13H2. The number of benzene rings is 2. The molecule has 0 spiro atoms. The monoisotopic (exact) mass is 463 g/mol. The van der Waals surface area contributed by atoms with Gasteiger partial charge in [0.05, 0.1) is 23.8 Å². The molecule has 9 nitrogen and oxygen atoms in total. The Labute approximate surface area is 192 Å². The molecule has 0 aliphatic rings. The lowest BCUT2D eigenvalue weighted by Gasteiger charge is -2.20. The minimum Gasteiger partial charge on any atom is -0.395 e. The molecule has 0 unspecified atom stereocenters. The number of aliphatic hydroxyl groups is 2. The molecule has 0 fully saturated rings. The Kier molecular flexibility index (Phi) is 6.75. The SMILES string of the molecule is [B]c1cnn2c(Nc3ccc(S(=O)(=O)N(CCO)CCO)cc3)cc(-c3ccccc3)nc12. The Balaban J connectivity index is 1.66. The molecule has 0 amide bonds. The summed E-state index contributed by atoms with van der Waals surface area (Å²) in [6.07, 6.45) is 1.52. The molecule has 0 aliphatic carbocycles. The van der Waals surface area contributed by atoms with Gasteiger partial charge in [0, 0.05) is 36.6 Å². The van der Waals surface area contributed by atoms with Crippen molar-refractivity contribution in [2.45, 2.75) is 4.90 Å². The molecule has 2 heterocycles. The van der Waals surface area contributed by atoms with Crippen LogP contribution in [0.15, 0.2) is 71.8 Å². The molecule has 3 N–H and O–H groups in total. The van der Waals surface area contributed by atoms with Crippen LogP contribution in [0, 0.1) is 0 Å². The third-order valence-corrected chi connectivity index (χ3v) is 6.94. The first-order chi connectivity index (χ1) is 15.9. The maximum Gasteiger partial charge on any atom is 0.243 e. The Morgan fingerprint density at radius 1 is 1.00 bits per heavy atom. The van der Waals surface area contributed by atoms with Gasteiger partial charge in [-0.05, 0) is 29.7 Å². The number of fused-ring (bicyclic) bond motifs is 1. The minimum absolute atomic E-state index is 0.0585. The van der Waals surface area contributed by atoms with Gasteiger partial charge in [-0.15, -0.1) is 0 Å². The average Bonchev–Trinajstić information content (AvgIpc) is 3.21. The molecule has 0 bridgehead atoms. The van der Waals surface area contributed by atoms with Crippen molar-refractivity contribution in [3.05, 3.63) is 66.9 Å². The Morgan fingerprint density at radius 2 is 1.67 bits per heavy atom. The summed E-state index contributed by atoms with van der Waals surface area (Å²) in [5, 5.41) is 25.8. The van der Waals surface area contributed by atoms with Crippen molar-refractivity contribution < 1.29 is 18.6 Å². The van der Waals surface area contributed by atoms with E-state index < -0.39 is 10.0 Å². The van der Waals surface area contributed by atoms with Gasteiger partial charge < -0.3 is 15.5 Å². The summed E-state index contributed by atoms with van der Waals surface area (Å²) in [5.41, 5.74) is 3.19. The Morgan fingerprint density at radius 3 is 2.30 bits per heavy atom. The summed E-state index contributed by atoms with van der Waals surface area (Å²) in [6, 6.07) is 17.7. The van der Waals surface area contributed by atoms with Crippen LogP contribution in [0.5, 0.6) is 0 Å². The number of aliphatic hydroxyl groups excluding tert-OH is 2. The van der Waals surface area contributed by atoms with E-state index in [1.807, 2.05) is 36.4 Å². The van der Waals surface area contributed by atoms with E-state index in [9.17, 15) is 8.42 Å². The van der Waals surface area contributed by atoms with Gasteiger partial charge >= 0.3 is 0 Å². The molecule has 0 atom stereocenters. The van der Waals surface area contributed by atoms with Gasteiger partial charge in [-0.1, -0.05) is 30.3 Å². The minimum atomic E-state index is -3.85. The van der Waals surface area contributed by atoms with Crippen LogP contribution in [0.3, 0.4) is 0 Å². The number of nitrogens with one attached hydrogen (secondary N) is 1. The van der Waals surface area contributed by atoms with Crippen molar-refractivity contribution in [2.75, 3.05) is 31.6 Å². The summed E-state index contributed by atoms with van der Waals surface area (Å²) < 4.78 is 28.2. The first-order valence-electron chi connectivity index (χ1n) is 10.2. The molecule has 2 radical (unpaired) electrons. The highest BCUT2D eigenvalue weighted by Gasteiger charge is 2.23. The lowest BCUT2D eigenvalue weighted by atomic mass is 10.0. The second-order valence-corrected chi connectivity index (χ2v) is 9.17. The van der Waals surface area contributed by atoms with Gasteiger partial charge in [-0.25, -0.2) is 13.4 Å². The number of nitrogens with zero attached hydrogens (tertiary/aromatic N) is 4. The summed E-state index contributed by atoms with van der Waals surface area (Å²) >= 11 is 0. The second kappa shape index (κ2) is 9.71. The highest BCUT2D eigenvalue weighted by molar-refractivity contribution is 7.89. The predicted octanol–water partition coefficient (Wildman–Crippen LogP) is 0.909. The van der Waals surface area contributed by atoms with E-state index in [1.54, 1.807) is 16.6 Å². The van der Waals surface area contributed by atoms with E-state index in [1.165, 1.54) is 18.3 Å². The Hall–Kier alpha value is -3.25. The number of anilines is 2. The number of rotatable bonds is 9. The fourth-order valence-corrected chi connectivity index (χ4v) is 4.83. The van der Waals surface area contributed by atoms with Crippen LogP contribution >= 0.6 is 0 Å². The zero-order chi connectivity index (χ0) is 23.4. The van der Waals surface area contributed by atoms with Crippen LogP contribution in [-0.4, -0.2) is 71.7 Å². The lowest BCUT2D eigenvalue weighted by molar-refractivity contribution is 0.217. The van der Waals surface area contributed by atoms with Gasteiger partial charge in [0.25, 0.3) is 0 Å². The highest BCUT2D eigenvalue weighted by Crippen LogP contribution is 2.25. The molecular formula is C22H22BN5O4S. The smallest absolute Gasteiger partial charge is 0.243 e.